The van der Waals surface area contributed by atoms with Gasteiger partial charge in [0, 0.05) is 4.47 Å². The standard InChI is InChI=1S/C7H4BrFO3/c8-4-2-6(10)5(9)1-3(4)7(11)12/h1-2,10H,(H,11,12). The zero-order chi connectivity index (χ0) is 9.30. The van der Waals surface area contributed by atoms with Crippen molar-refractivity contribution in [1.82, 2.24) is 0 Å². The van der Waals surface area contributed by atoms with Gasteiger partial charge in [0.2, 0.25) is 0 Å². The van der Waals surface area contributed by atoms with E-state index < -0.39 is 17.5 Å². The summed E-state index contributed by atoms with van der Waals surface area (Å²) in [6, 6.07) is 1.75. The second-order valence-corrected chi connectivity index (χ2v) is 2.94. The van der Waals surface area contributed by atoms with Crippen LogP contribution in [0, 0.1) is 5.82 Å². The highest BCUT2D eigenvalue weighted by Gasteiger charge is 2.12. The smallest absolute Gasteiger partial charge is 0.336 e. The first-order chi connectivity index (χ1) is 5.52. The number of hydrogen-bond acceptors (Lipinski definition) is 2. The third kappa shape index (κ3) is 1.55. The van der Waals surface area contributed by atoms with E-state index in [2.05, 4.69) is 15.9 Å². The number of carboxylic acid groups (broad SMARTS) is 1. The van der Waals surface area contributed by atoms with Crippen molar-refractivity contribution in [1.29, 1.82) is 0 Å². The highest BCUT2D eigenvalue weighted by atomic mass is 79.9. The molecule has 0 aliphatic carbocycles. The molecule has 0 saturated heterocycles. The number of halogens is 2. The largest absolute Gasteiger partial charge is 0.505 e. The molecule has 0 spiro atoms. The molecule has 3 nitrogen and oxygen atoms in total. The van der Waals surface area contributed by atoms with E-state index >= 15 is 0 Å². The molecule has 0 saturated carbocycles. The molecule has 0 heterocycles. The Kier molecular flexibility index (Phi) is 2.32. The van der Waals surface area contributed by atoms with Crippen LogP contribution in [0.25, 0.3) is 0 Å². The number of phenolic OH excluding ortho intramolecular Hbond substituents is 1. The van der Waals surface area contributed by atoms with Gasteiger partial charge < -0.3 is 10.2 Å². The van der Waals surface area contributed by atoms with Crippen LogP contribution in [0.1, 0.15) is 10.4 Å². The third-order valence-corrected chi connectivity index (χ3v) is 1.92. The Balaban J connectivity index is 3.33. The Hall–Kier alpha value is -1.10. The fraction of sp³-hybridized carbons (Fsp3) is 0. The average molecular weight is 235 g/mol. The van der Waals surface area contributed by atoms with Crippen molar-refractivity contribution in [3.05, 3.63) is 28.0 Å². The SMILES string of the molecule is O=C(O)c1cc(F)c(O)cc1Br. The Morgan fingerprint density at radius 1 is 1.50 bits per heavy atom. The number of carboxylic acids is 1. The Morgan fingerprint density at radius 3 is 2.58 bits per heavy atom. The predicted octanol–water partition coefficient (Wildman–Crippen LogP) is 1.99. The first-order valence-corrected chi connectivity index (χ1v) is 3.73. The molecular weight excluding hydrogens is 231 g/mol. The summed E-state index contributed by atoms with van der Waals surface area (Å²) in [7, 11) is 0. The van der Waals surface area contributed by atoms with Gasteiger partial charge in [-0.2, -0.15) is 0 Å². The van der Waals surface area contributed by atoms with E-state index in [0.29, 0.717) is 0 Å². The zero-order valence-corrected chi connectivity index (χ0v) is 7.30. The lowest BCUT2D eigenvalue weighted by molar-refractivity contribution is 0.0695. The number of phenols is 1. The minimum absolute atomic E-state index is 0.147. The predicted molar refractivity (Wildman–Crippen MR) is 42.7 cm³/mol. The summed E-state index contributed by atoms with van der Waals surface area (Å²) in [5, 5.41) is 17.3. The average Bonchev–Trinajstić information content (AvgIpc) is 1.96. The molecule has 0 aromatic heterocycles. The van der Waals surface area contributed by atoms with Gasteiger partial charge in [0.05, 0.1) is 5.56 Å². The summed E-state index contributed by atoms with van der Waals surface area (Å²) in [6.07, 6.45) is 0. The van der Waals surface area contributed by atoms with Crippen LogP contribution in [0.2, 0.25) is 0 Å². The van der Waals surface area contributed by atoms with Crippen molar-refractivity contribution in [3.8, 4) is 5.75 Å². The van der Waals surface area contributed by atoms with Gasteiger partial charge in [-0.25, -0.2) is 9.18 Å². The zero-order valence-electron chi connectivity index (χ0n) is 5.71. The molecule has 0 radical (unpaired) electrons. The van der Waals surface area contributed by atoms with Crippen molar-refractivity contribution < 1.29 is 19.4 Å². The molecule has 2 N–H and O–H groups in total. The van der Waals surface area contributed by atoms with Crippen LogP contribution in [-0.2, 0) is 0 Å². The van der Waals surface area contributed by atoms with Crippen molar-refractivity contribution >= 4 is 21.9 Å². The number of aromatic carboxylic acids is 1. The number of aromatic hydroxyl groups is 1. The molecule has 0 aliphatic heterocycles. The quantitative estimate of drug-likeness (QED) is 0.782. The van der Waals surface area contributed by atoms with E-state index in [4.69, 9.17) is 10.2 Å². The van der Waals surface area contributed by atoms with E-state index in [1.807, 2.05) is 0 Å². The fourth-order valence-electron chi connectivity index (χ4n) is 0.700. The summed E-state index contributed by atoms with van der Waals surface area (Å²) >= 11 is 2.87. The highest BCUT2D eigenvalue weighted by Crippen LogP contribution is 2.25. The van der Waals surface area contributed by atoms with Gasteiger partial charge in [0.15, 0.2) is 11.6 Å². The van der Waals surface area contributed by atoms with E-state index in [1.54, 1.807) is 0 Å². The lowest BCUT2D eigenvalue weighted by Gasteiger charge is -2.00. The fourth-order valence-corrected chi connectivity index (χ4v) is 1.20. The third-order valence-electron chi connectivity index (χ3n) is 1.27. The minimum atomic E-state index is -1.25. The van der Waals surface area contributed by atoms with E-state index in [0.717, 1.165) is 12.1 Å². The maximum absolute atomic E-state index is 12.6. The maximum Gasteiger partial charge on any atom is 0.336 e. The van der Waals surface area contributed by atoms with Gasteiger partial charge >= 0.3 is 5.97 Å². The monoisotopic (exact) mass is 234 g/mol. The van der Waals surface area contributed by atoms with Crippen LogP contribution in [0.15, 0.2) is 16.6 Å². The topological polar surface area (TPSA) is 57.5 Å². The molecule has 0 bridgehead atoms. The van der Waals surface area contributed by atoms with Crippen molar-refractivity contribution in [2.45, 2.75) is 0 Å². The summed E-state index contributed by atoms with van der Waals surface area (Å²) in [5.41, 5.74) is -0.217. The van der Waals surface area contributed by atoms with Gasteiger partial charge in [0.1, 0.15) is 0 Å². The maximum atomic E-state index is 12.6. The van der Waals surface area contributed by atoms with Crippen molar-refractivity contribution in [2.75, 3.05) is 0 Å². The van der Waals surface area contributed by atoms with E-state index in [-0.39, 0.29) is 10.0 Å². The Morgan fingerprint density at radius 2 is 2.08 bits per heavy atom. The van der Waals surface area contributed by atoms with Crippen LogP contribution in [0.5, 0.6) is 5.75 Å². The Labute approximate surface area is 75.6 Å². The molecule has 1 aromatic carbocycles. The molecule has 0 aliphatic rings. The molecule has 64 valence electrons. The lowest BCUT2D eigenvalue weighted by Crippen LogP contribution is -1.98. The molecule has 0 atom stereocenters. The van der Waals surface area contributed by atoms with Gasteiger partial charge in [-0.1, -0.05) is 0 Å². The molecular formula is C7H4BrFO3. The normalized spacial score (nSPS) is 9.83. The molecule has 5 heteroatoms. The number of carbonyl (C=O) groups is 1. The van der Waals surface area contributed by atoms with Crippen LogP contribution in [0.4, 0.5) is 4.39 Å². The number of hydrogen-bond donors (Lipinski definition) is 2. The van der Waals surface area contributed by atoms with Gasteiger partial charge in [-0.15, -0.1) is 0 Å². The van der Waals surface area contributed by atoms with E-state index in [9.17, 15) is 9.18 Å². The van der Waals surface area contributed by atoms with Crippen LogP contribution >= 0.6 is 15.9 Å². The molecule has 1 rings (SSSR count). The van der Waals surface area contributed by atoms with Crippen molar-refractivity contribution in [3.63, 3.8) is 0 Å². The summed E-state index contributed by atoms with van der Waals surface area (Å²) in [6.45, 7) is 0. The molecule has 0 amide bonds. The summed E-state index contributed by atoms with van der Waals surface area (Å²) < 4.78 is 12.7. The second kappa shape index (κ2) is 3.10. The van der Waals surface area contributed by atoms with Gasteiger partial charge in [-0.3, -0.25) is 0 Å². The highest BCUT2D eigenvalue weighted by molar-refractivity contribution is 9.10. The van der Waals surface area contributed by atoms with Crippen LogP contribution in [-0.4, -0.2) is 16.2 Å². The molecule has 1 aromatic rings. The second-order valence-electron chi connectivity index (χ2n) is 2.09. The number of benzene rings is 1. The number of rotatable bonds is 1. The minimum Gasteiger partial charge on any atom is -0.505 e. The van der Waals surface area contributed by atoms with Gasteiger partial charge in [0.25, 0.3) is 0 Å². The lowest BCUT2D eigenvalue weighted by atomic mass is 10.2. The molecule has 0 fully saturated rings. The molecule has 12 heavy (non-hydrogen) atoms. The van der Waals surface area contributed by atoms with E-state index in [1.165, 1.54) is 0 Å². The Bertz CT molecular complexity index is 338. The van der Waals surface area contributed by atoms with Crippen molar-refractivity contribution in [2.24, 2.45) is 0 Å². The first-order valence-electron chi connectivity index (χ1n) is 2.93. The summed E-state index contributed by atoms with van der Waals surface area (Å²) in [4.78, 5) is 10.4. The van der Waals surface area contributed by atoms with Crippen LogP contribution in [0.3, 0.4) is 0 Å². The summed E-state index contributed by atoms with van der Waals surface area (Å²) in [5.74, 6) is -2.77. The van der Waals surface area contributed by atoms with Crippen LogP contribution < -0.4 is 0 Å². The molecule has 0 unspecified atom stereocenters. The van der Waals surface area contributed by atoms with Gasteiger partial charge in [-0.05, 0) is 28.1 Å². The first kappa shape index (κ1) is 8.99.